The van der Waals surface area contributed by atoms with Crippen LogP contribution in [0.5, 0.6) is 11.5 Å². The number of phenols is 1. The average molecular weight is 893 g/mol. The minimum Gasteiger partial charge on any atom is -0.508 e. The molecular formula is C47H37ClF4N6O6. The molecule has 326 valence electrons. The summed E-state index contributed by atoms with van der Waals surface area (Å²) in [5.41, 5.74) is 3.75. The fourth-order valence-corrected chi connectivity index (χ4v) is 9.94. The number of benzene rings is 5. The number of allylic oxidation sites excluding steroid dienone is 2. The Hall–Kier alpha value is -7.07. The third-order valence-electron chi connectivity index (χ3n) is 12.6. The molecule has 5 aromatic rings. The molecule has 0 bridgehead atoms. The minimum absolute atomic E-state index is 0.00642. The van der Waals surface area contributed by atoms with Gasteiger partial charge in [-0.3, -0.25) is 29.5 Å². The fraction of sp³-hybridized carbons (Fsp3) is 0.234. The number of carbonyl (C=O) groups excluding carboxylic acids is 4. The van der Waals surface area contributed by atoms with E-state index in [1.54, 1.807) is 30.3 Å². The Morgan fingerprint density at radius 3 is 2.08 bits per heavy atom. The highest BCUT2D eigenvalue weighted by Crippen LogP contribution is 2.65. The molecule has 0 aromatic heterocycles. The van der Waals surface area contributed by atoms with Crippen LogP contribution in [0.3, 0.4) is 0 Å². The summed E-state index contributed by atoms with van der Waals surface area (Å²) >= 11 is 6.33. The number of alkyl halides is 3. The number of phenolic OH excluding ortho intramolecular Hbond substituents is 1. The van der Waals surface area contributed by atoms with Gasteiger partial charge in [0.15, 0.2) is 0 Å². The predicted octanol–water partition coefficient (Wildman–Crippen LogP) is 9.75. The molecule has 4 amide bonds. The van der Waals surface area contributed by atoms with Crippen LogP contribution in [0.15, 0.2) is 137 Å². The summed E-state index contributed by atoms with van der Waals surface area (Å²) in [6.07, 6.45) is -3.60. The second-order valence-corrected chi connectivity index (χ2v) is 16.7. The predicted molar refractivity (Wildman–Crippen MR) is 228 cm³/mol. The summed E-state index contributed by atoms with van der Waals surface area (Å²) < 4.78 is 59.4. The number of halogens is 5. The molecule has 12 nitrogen and oxygen atoms in total. The summed E-state index contributed by atoms with van der Waals surface area (Å²) in [4.78, 5) is 62.4. The van der Waals surface area contributed by atoms with Gasteiger partial charge in [-0.2, -0.15) is 15.2 Å². The lowest BCUT2D eigenvalue weighted by Gasteiger charge is -2.50. The molecule has 64 heavy (non-hydrogen) atoms. The Labute approximate surface area is 368 Å². The summed E-state index contributed by atoms with van der Waals surface area (Å²) in [7, 11) is 3.85. The zero-order valence-corrected chi connectivity index (χ0v) is 34.7. The molecule has 6 atom stereocenters. The number of aromatic hydroxyl groups is 1. The van der Waals surface area contributed by atoms with Crippen molar-refractivity contribution in [1.82, 2.24) is 5.01 Å². The third-order valence-corrected chi connectivity index (χ3v) is 12.8. The quantitative estimate of drug-likeness (QED) is 0.0645. The van der Waals surface area contributed by atoms with E-state index in [0.29, 0.717) is 16.9 Å². The Kier molecular flexibility index (Phi) is 10.5. The van der Waals surface area contributed by atoms with E-state index >= 15 is 4.79 Å². The van der Waals surface area contributed by atoms with Crippen molar-refractivity contribution in [3.05, 3.63) is 149 Å². The number of amides is 4. The van der Waals surface area contributed by atoms with E-state index in [4.69, 9.17) is 11.6 Å². The highest BCUT2D eigenvalue weighted by atomic mass is 35.5. The van der Waals surface area contributed by atoms with E-state index in [2.05, 4.69) is 20.4 Å². The van der Waals surface area contributed by atoms with Crippen molar-refractivity contribution in [2.24, 2.45) is 33.9 Å². The van der Waals surface area contributed by atoms with Gasteiger partial charge in [-0.25, -0.2) is 4.39 Å². The van der Waals surface area contributed by atoms with Crippen LogP contribution < -0.4 is 20.0 Å². The van der Waals surface area contributed by atoms with Gasteiger partial charge in [0.1, 0.15) is 17.3 Å². The van der Waals surface area contributed by atoms with Crippen molar-refractivity contribution in [2.45, 2.75) is 30.5 Å². The van der Waals surface area contributed by atoms with Gasteiger partial charge in [0.25, 0.3) is 11.8 Å². The van der Waals surface area contributed by atoms with Crippen LogP contribution in [-0.4, -0.2) is 54.2 Å². The number of imide groups is 2. The number of hydrazine groups is 1. The topological polar surface area (TPSA) is 144 Å². The first-order chi connectivity index (χ1) is 30.5. The van der Waals surface area contributed by atoms with E-state index in [0.717, 1.165) is 45.9 Å². The van der Waals surface area contributed by atoms with E-state index < -0.39 is 82.3 Å². The molecule has 9 rings (SSSR count). The van der Waals surface area contributed by atoms with E-state index in [1.165, 1.54) is 36.4 Å². The summed E-state index contributed by atoms with van der Waals surface area (Å²) in [5.74, 6) is -10.1. The number of nitrogens with one attached hydrogen (secondary N) is 1. The van der Waals surface area contributed by atoms with E-state index in [1.807, 2.05) is 43.3 Å². The smallest absolute Gasteiger partial charge is 0.508 e. The largest absolute Gasteiger partial charge is 0.573 e. The molecule has 2 saturated heterocycles. The first-order valence-electron chi connectivity index (χ1n) is 20.2. The van der Waals surface area contributed by atoms with Gasteiger partial charge in [0, 0.05) is 36.3 Å². The molecule has 2 aliphatic heterocycles. The zero-order chi connectivity index (χ0) is 45.2. The van der Waals surface area contributed by atoms with Crippen molar-refractivity contribution in [3.8, 4) is 11.5 Å². The van der Waals surface area contributed by atoms with Crippen molar-refractivity contribution in [2.75, 3.05) is 29.3 Å². The molecule has 17 heteroatoms. The van der Waals surface area contributed by atoms with Gasteiger partial charge in [0.2, 0.25) is 11.8 Å². The molecule has 2 N–H and O–H groups in total. The second kappa shape index (κ2) is 15.9. The van der Waals surface area contributed by atoms with Crippen LogP contribution in [-0.2, 0) is 24.6 Å². The molecule has 1 saturated carbocycles. The molecule has 4 aliphatic rings. The molecule has 0 unspecified atom stereocenters. The number of carbonyl (C=O) groups is 4. The third kappa shape index (κ3) is 7.20. The fourth-order valence-electron chi connectivity index (χ4n) is 9.82. The van der Waals surface area contributed by atoms with Crippen LogP contribution in [0.4, 0.5) is 46.0 Å². The molecule has 2 aliphatic carbocycles. The Morgan fingerprint density at radius 1 is 0.812 bits per heavy atom. The summed E-state index contributed by atoms with van der Waals surface area (Å²) in [5, 5.41) is 21.3. The van der Waals surface area contributed by atoms with Crippen LogP contribution >= 0.6 is 11.6 Å². The normalized spacial score (nSPS) is 24.1. The number of hydrogen-bond donors (Lipinski definition) is 2. The summed E-state index contributed by atoms with van der Waals surface area (Å²) in [6, 6.07) is 27.6. The van der Waals surface area contributed by atoms with Gasteiger partial charge >= 0.3 is 6.36 Å². The maximum Gasteiger partial charge on any atom is 0.573 e. The van der Waals surface area contributed by atoms with Crippen LogP contribution in [0, 0.1) is 29.5 Å². The molecule has 2 heterocycles. The number of ether oxygens (including phenoxy) is 1. The number of azo groups is 1. The minimum atomic E-state index is -5.13. The lowest BCUT2D eigenvalue weighted by atomic mass is 9.49. The van der Waals surface area contributed by atoms with Gasteiger partial charge < -0.3 is 14.7 Å². The molecular weight excluding hydrogens is 856 g/mol. The van der Waals surface area contributed by atoms with Gasteiger partial charge in [-0.05, 0) is 127 Å². The standard InChI is InChI=1S/C47H37ClF4N6O6/c1-56(2)31-15-11-28(12-16-31)53-54-29-13-17-32(18-14-29)57-42(60)35-21-20-34-36(40(35)44(57)62)24-38-43(61)58(55-30-9-7-27(49)8-10-30)45(63)46(38,25-3-5-26(48)6-4-25)41(34)37-23-33(19-22-39(37)59)64-47(50,51)52/h3-20,22-23,35-36,38,40-41,55,59H,21,24H2,1-2H3/t35-,36+,38-,40-,41+,46+/m0/s1. The van der Waals surface area contributed by atoms with Crippen molar-refractivity contribution in [1.29, 1.82) is 0 Å². The monoisotopic (exact) mass is 892 g/mol. The van der Waals surface area contributed by atoms with Crippen LogP contribution in [0.1, 0.15) is 29.9 Å². The van der Waals surface area contributed by atoms with Gasteiger partial charge in [-0.15, -0.1) is 13.2 Å². The number of anilines is 3. The number of rotatable bonds is 9. The van der Waals surface area contributed by atoms with Crippen molar-refractivity contribution < 1.29 is 46.6 Å². The van der Waals surface area contributed by atoms with Crippen molar-refractivity contribution in [3.63, 3.8) is 0 Å². The molecule has 3 fully saturated rings. The average Bonchev–Trinajstić information content (AvgIpc) is 3.65. The Morgan fingerprint density at radius 2 is 1.45 bits per heavy atom. The number of hydrogen-bond acceptors (Lipinski definition) is 10. The second-order valence-electron chi connectivity index (χ2n) is 16.3. The molecule has 5 aromatic carbocycles. The summed E-state index contributed by atoms with van der Waals surface area (Å²) in [6.45, 7) is 0. The van der Waals surface area contributed by atoms with Crippen molar-refractivity contribution >= 4 is 63.7 Å². The lowest BCUT2D eigenvalue weighted by molar-refractivity contribution is -0.274. The van der Waals surface area contributed by atoms with Gasteiger partial charge in [-0.1, -0.05) is 35.4 Å². The van der Waals surface area contributed by atoms with Crippen LogP contribution in [0.25, 0.3) is 0 Å². The maximum absolute atomic E-state index is 15.4. The Balaban J connectivity index is 1.13. The highest BCUT2D eigenvalue weighted by Gasteiger charge is 2.70. The zero-order valence-electron chi connectivity index (χ0n) is 34.0. The number of nitrogens with zero attached hydrogens (tertiary/aromatic N) is 5. The molecule has 0 radical (unpaired) electrons. The van der Waals surface area contributed by atoms with E-state index in [9.17, 15) is 37.1 Å². The van der Waals surface area contributed by atoms with E-state index in [-0.39, 0.29) is 40.4 Å². The van der Waals surface area contributed by atoms with Crippen LogP contribution in [0.2, 0.25) is 5.02 Å². The first-order valence-corrected chi connectivity index (χ1v) is 20.5. The lowest BCUT2D eigenvalue weighted by Crippen LogP contribution is -2.53. The number of fused-ring (bicyclic) bond motifs is 4. The molecule has 0 spiro atoms. The SMILES string of the molecule is CN(C)c1ccc(N=Nc2ccc(N3C(=O)[C@H]4[C@H](CC=C5[C@H]4C[C@H]4C(=O)N(Nc6ccc(F)cc6)C(=O)[C@@]4(c4ccc(Cl)cc4)[C@H]5c4cc(OC(F)(F)F)ccc4O)C3=O)cc2)cc1. The highest BCUT2D eigenvalue weighted by molar-refractivity contribution is 6.30. The maximum atomic E-state index is 15.4. The Bertz CT molecular complexity index is 2750. The van der Waals surface area contributed by atoms with Gasteiger partial charge in [0.05, 0.1) is 45.9 Å². The first kappa shape index (κ1) is 42.2.